The van der Waals surface area contributed by atoms with Gasteiger partial charge in [-0.25, -0.2) is 4.79 Å². The highest BCUT2D eigenvalue weighted by atomic mass is 35.5. The fraction of sp³-hybridized carbons (Fsp3) is 0.147. The standard InChI is InChI=1S/C34H27ClN2O4S/c1-21(27-9-5-6-10-28(27)35)41-33(40)36-30-29(24-7-3-2-4-8-24)37-42-31(30)25-13-11-22(12-14-25)23-15-17-26(18-16-23)34(19-20-34)32(38)39/h2-18,21H,19-20H2,1H3,(H,36,40)(H,38,39)/t21-/m1/s1. The van der Waals surface area contributed by atoms with Crippen molar-refractivity contribution in [3.8, 4) is 32.8 Å². The number of hydrogen-bond acceptors (Lipinski definition) is 5. The van der Waals surface area contributed by atoms with Gasteiger partial charge in [0, 0.05) is 16.1 Å². The van der Waals surface area contributed by atoms with Crippen LogP contribution < -0.4 is 5.32 Å². The fourth-order valence-electron chi connectivity index (χ4n) is 5.10. The highest BCUT2D eigenvalue weighted by molar-refractivity contribution is 7.10. The summed E-state index contributed by atoms with van der Waals surface area (Å²) >= 11 is 7.61. The summed E-state index contributed by atoms with van der Waals surface area (Å²) in [7, 11) is 0. The third kappa shape index (κ3) is 5.41. The van der Waals surface area contributed by atoms with Crippen LogP contribution in [0.3, 0.4) is 0 Å². The van der Waals surface area contributed by atoms with Crippen LogP contribution in [0.5, 0.6) is 0 Å². The van der Waals surface area contributed by atoms with Crippen LogP contribution >= 0.6 is 23.1 Å². The molecule has 1 atom stereocenters. The number of anilines is 1. The van der Waals surface area contributed by atoms with Gasteiger partial charge < -0.3 is 9.84 Å². The first-order valence-corrected chi connectivity index (χ1v) is 14.7. The minimum atomic E-state index is -0.759. The van der Waals surface area contributed by atoms with Gasteiger partial charge in [0.2, 0.25) is 0 Å². The predicted octanol–water partition coefficient (Wildman–Crippen LogP) is 9.22. The molecule has 0 bridgehead atoms. The Morgan fingerprint density at radius 3 is 2.07 bits per heavy atom. The van der Waals surface area contributed by atoms with Crippen molar-refractivity contribution in [3.05, 3.63) is 119 Å². The first-order valence-electron chi connectivity index (χ1n) is 13.6. The molecule has 1 aliphatic rings. The number of ether oxygens (including phenoxy) is 1. The molecule has 0 radical (unpaired) electrons. The smallest absolute Gasteiger partial charge is 0.412 e. The first-order chi connectivity index (χ1) is 20.4. The summed E-state index contributed by atoms with van der Waals surface area (Å²) in [6.07, 6.45) is 0.204. The number of carbonyl (C=O) groups is 2. The molecule has 0 saturated heterocycles. The van der Waals surface area contributed by atoms with Crippen molar-refractivity contribution in [2.75, 3.05) is 5.32 Å². The summed E-state index contributed by atoms with van der Waals surface area (Å²) in [5.41, 5.74) is 5.85. The molecule has 2 N–H and O–H groups in total. The number of aliphatic carboxylic acids is 1. The number of carboxylic acid groups (broad SMARTS) is 1. The molecule has 8 heteroatoms. The van der Waals surface area contributed by atoms with Crippen molar-refractivity contribution in [1.82, 2.24) is 4.37 Å². The van der Waals surface area contributed by atoms with Gasteiger partial charge in [-0.05, 0) is 59.6 Å². The maximum atomic E-state index is 13.1. The Bertz CT molecular complexity index is 1750. The van der Waals surface area contributed by atoms with Crippen LogP contribution in [0.2, 0.25) is 5.02 Å². The molecule has 42 heavy (non-hydrogen) atoms. The second kappa shape index (κ2) is 11.4. The third-order valence-corrected chi connectivity index (χ3v) is 8.91. The first kappa shape index (κ1) is 27.7. The second-order valence-electron chi connectivity index (χ2n) is 10.3. The molecule has 4 aromatic carbocycles. The molecule has 1 saturated carbocycles. The van der Waals surface area contributed by atoms with Gasteiger partial charge in [0.25, 0.3) is 0 Å². The Kier molecular flexibility index (Phi) is 7.54. The lowest BCUT2D eigenvalue weighted by Crippen LogP contribution is -2.19. The second-order valence-corrected chi connectivity index (χ2v) is 11.5. The van der Waals surface area contributed by atoms with Crippen molar-refractivity contribution in [3.63, 3.8) is 0 Å². The molecular weight excluding hydrogens is 568 g/mol. The van der Waals surface area contributed by atoms with Crippen LogP contribution in [0.1, 0.15) is 37.0 Å². The zero-order valence-electron chi connectivity index (χ0n) is 22.7. The van der Waals surface area contributed by atoms with E-state index in [1.807, 2.05) is 97.1 Å². The van der Waals surface area contributed by atoms with E-state index in [2.05, 4.69) is 5.32 Å². The van der Waals surface area contributed by atoms with Crippen LogP contribution in [0.15, 0.2) is 103 Å². The highest BCUT2D eigenvalue weighted by Gasteiger charge is 2.51. The van der Waals surface area contributed by atoms with E-state index in [4.69, 9.17) is 20.7 Å². The molecule has 0 aliphatic heterocycles. The molecule has 6 nitrogen and oxygen atoms in total. The van der Waals surface area contributed by atoms with Gasteiger partial charge in [0.15, 0.2) is 0 Å². The fourth-order valence-corrected chi connectivity index (χ4v) is 6.25. The van der Waals surface area contributed by atoms with E-state index in [-0.39, 0.29) is 0 Å². The van der Waals surface area contributed by atoms with Crippen LogP contribution in [0.4, 0.5) is 10.5 Å². The molecule has 1 heterocycles. The lowest BCUT2D eigenvalue weighted by atomic mass is 9.93. The Morgan fingerprint density at radius 1 is 0.857 bits per heavy atom. The minimum absolute atomic E-state index is 0.532. The quantitative estimate of drug-likeness (QED) is 0.187. The molecule has 210 valence electrons. The van der Waals surface area contributed by atoms with Crippen molar-refractivity contribution >= 4 is 40.9 Å². The monoisotopic (exact) mass is 594 g/mol. The predicted molar refractivity (Wildman–Crippen MR) is 167 cm³/mol. The molecule has 1 amide bonds. The topological polar surface area (TPSA) is 88.5 Å². The van der Waals surface area contributed by atoms with E-state index in [1.165, 1.54) is 11.5 Å². The molecule has 0 spiro atoms. The van der Waals surface area contributed by atoms with Gasteiger partial charge in [0.05, 0.1) is 16.0 Å². The number of aromatic nitrogens is 1. The number of nitrogens with zero attached hydrogens (tertiary/aromatic N) is 1. The highest BCUT2D eigenvalue weighted by Crippen LogP contribution is 2.48. The summed E-state index contributed by atoms with van der Waals surface area (Å²) in [4.78, 5) is 25.6. The van der Waals surface area contributed by atoms with Gasteiger partial charge in [-0.1, -0.05) is 109 Å². The van der Waals surface area contributed by atoms with Crippen molar-refractivity contribution in [1.29, 1.82) is 0 Å². The molecule has 6 rings (SSSR count). The number of nitrogens with one attached hydrogen (secondary N) is 1. The maximum absolute atomic E-state index is 13.1. The van der Waals surface area contributed by atoms with E-state index < -0.39 is 23.6 Å². The summed E-state index contributed by atoms with van der Waals surface area (Å²) in [5.74, 6) is -0.759. The van der Waals surface area contributed by atoms with Crippen molar-refractivity contribution in [2.24, 2.45) is 0 Å². The Labute approximate surface area is 252 Å². The van der Waals surface area contributed by atoms with E-state index in [1.54, 1.807) is 13.0 Å². The lowest BCUT2D eigenvalue weighted by molar-refractivity contribution is -0.140. The molecule has 5 aromatic rings. The molecule has 1 aliphatic carbocycles. The number of rotatable bonds is 8. The maximum Gasteiger partial charge on any atom is 0.412 e. The lowest BCUT2D eigenvalue weighted by Gasteiger charge is -2.16. The molecule has 1 fully saturated rings. The van der Waals surface area contributed by atoms with Crippen LogP contribution in [0.25, 0.3) is 32.8 Å². The largest absolute Gasteiger partial charge is 0.481 e. The van der Waals surface area contributed by atoms with Gasteiger partial charge >= 0.3 is 12.1 Å². The average Bonchev–Trinajstić information content (AvgIpc) is 3.73. The number of carbonyl (C=O) groups excluding carboxylic acids is 1. The Morgan fingerprint density at radius 2 is 1.45 bits per heavy atom. The van der Waals surface area contributed by atoms with Crippen LogP contribution in [-0.2, 0) is 14.9 Å². The number of hydrogen-bond donors (Lipinski definition) is 2. The minimum Gasteiger partial charge on any atom is -0.481 e. The Hall–Kier alpha value is -4.46. The van der Waals surface area contributed by atoms with Crippen LogP contribution in [0, 0.1) is 0 Å². The van der Waals surface area contributed by atoms with Gasteiger partial charge in [-0.3, -0.25) is 10.1 Å². The average molecular weight is 595 g/mol. The molecule has 1 aromatic heterocycles. The zero-order chi connectivity index (χ0) is 29.3. The van der Waals surface area contributed by atoms with E-state index in [0.717, 1.165) is 38.3 Å². The summed E-state index contributed by atoms with van der Waals surface area (Å²) in [6.45, 7) is 1.78. The van der Waals surface area contributed by atoms with E-state index in [0.29, 0.717) is 29.2 Å². The Balaban J connectivity index is 1.27. The van der Waals surface area contributed by atoms with Crippen molar-refractivity contribution < 1.29 is 19.4 Å². The van der Waals surface area contributed by atoms with Gasteiger partial charge in [-0.2, -0.15) is 4.37 Å². The van der Waals surface area contributed by atoms with Crippen LogP contribution in [-0.4, -0.2) is 21.5 Å². The normalized spacial score (nSPS) is 14.1. The summed E-state index contributed by atoms with van der Waals surface area (Å²) < 4.78 is 10.4. The number of carboxylic acids is 1. The third-order valence-electron chi connectivity index (χ3n) is 7.67. The summed E-state index contributed by atoms with van der Waals surface area (Å²) in [6, 6.07) is 32.7. The van der Waals surface area contributed by atoms with E-state index >= 15 is 0 Å². The summed E-state index contributed by atoms with van der Waals surface area (Å²) in [5, 5.41) is 13.1. The van der Waals surface area contributed by atoms with Gasteiger partial charge in [-0.15, -0.1) is 0 Å². The van der Waals surface area contributed by atoms with Crippen molar-refractivity contribution in [2.45, 2.75) is 31.3 Å². The SMILES string of the molecule is C[C@@H](OC(=O)Nc1c(-c2ccccc2)nsc1-c1ccc(-c2ccc(C3(C(=O)O)CC3)cc2)cc1)c1ccccc1Cl. The molecular formula is C34H27ClN2O4S. The number of benzene rings is 4. The number of halogens is 1. The zero-order valence-corrected chi connectivity index (χ0v) is 24.3. The molecule has 0 unspecified atom stereocenters. The number of amides is 1. The van der Waals surface area contributed by atoms with Gasteiger partial charge in [0.1, 0.15) is 11.8 Å². The van der Waals surface area contributed by atoms with E-state index in [9.17, 15) is 14.7 Å².